The van der Waals surface area contributed by atoms with Crippen LogP contribution < -0.4 is 10.6 Å². The Morgan fingerprint density at radius 3 is 2.70 bits per heavy atom. The van der Waals surface area contributed by atoms with Crippen LogP contribution in [-0.2, 0) is 5.41 Å². The fourth-order valence-electron chi connectivity index (χ4n) is 4.00. The van der Waals surface area contributed by atoms with Gasteiger partial charge in [-0.25, -0.2) is 19.3 Å². The summed E-state index contributed by atoms with van der Waals surface area (Å²) in [6, 6.07) is 18.9. The Hall–Kier alpha value is -5.10. The average molecular weight is 492 g/mol. The van der Waals surface area contributed by atoms with Crippen LogP contribution in [0.1, 0.15) is 29.8 Å². The molecule has 0 atom stereocenters. The summed E-state index contributed by atoms with van der Waals surface area (Å²) in [4.78, 5) is 29.2. The number of carbonyl (C=O) groups excluding carboxylic acids is 1. The topological polar surface area (TPSA) is 119 Å². The van der Waals surface area contributed by atoms with Crippen molar-refractivity contribution in [1.29, 1.82) is 5.26 Å². The number of aromatic amines is 1. The van der Waals surface area contributed by atoms with Crippen molar-refractivity contribution >= 4 is 34.1 Å². The Kier molecular flexibility index (Phi) is 6.07. The number of nitriles is 1. The van der Waals surface area contributed by atoms with E-state index >= 15 is 0 Å². The van der Waals surface area contributed by atoms with Crippen molar-refractivity contribution < 1.29 is 9.18 Å². The van der Waals surface area contributed by atoms with Crippen LogP contribution in [0.4, 0.5) is 21.6 Å². The molecule has 0 fully saturated rings. The molecule has 182 valence electrons. The van der Waals surface area contributed by atoms with Gasteiger partial charge >= 0.3 is 0 Å². The van der Waals surface area contributed by atoms with Crippen LogP contribution in [0.2, 0.25) is 0 Å². The molecule has 0 saturated carbocycles. The standard InChI is InChI=1S/C28H22FN7O/c1-28(2,15-30)22-13-17(8-9-23(22)29)27(37)36-19-6-3-5-18(14-19)35-26-20(7-4-11-31-26)24-21-10-12-32-25(21)34-16-33-24/h3-14,16H,1-2H3,(H,31,35)(H,36,37)(H,32,33,34). The predicted molar refractivity (Wildman–Crippen MR) is 140 cm³/mol. The first-order valence-electron chi connectivity index (χ1n) is 11.5. The third kappa shape index (κ3) is 4.73. The van der Waals surface area contributed by atoms with E-state index in [0.29, 0.717) is 17.2 Å². The molecule has 2 aromatic carbocycles. The number of hydrogen-bond acceptors (Lipinski definition) is 6. The second kappa shape index (κ2) is 9.51. The minimum Gasteiger partial charge on any atom is -0.346 e. The molecule has 3 heterocycles. The van der Waals surface area contributed by atoms with Gasteiger partial charge in [0.05, 0.1) is 17.2 Å². The maximum absolute atomic E-state index is 14.3. The van der Waals surface area contributed by atoms with Crippen molar-refractivity contribution in [3.05, 3.63) is 96.3 Å². The number of amides is 1. The number of anilines is 3. The first-order chi connectivity index (χ1) is 17.9. The summed E-state index contributed by atoms with van der Waals surface area (Å²) in [5.41, 5.74) is 2.84. The number of nitrogens with one attached hydrogen (secondary N) is 3. The Labute approximate surface area is 212 Å². The highest BCUT2D eigenvalue weighted by atomic mass is 19.1. The second-order valence-electron chi connectivity index (χ2n) is 8.95. The maximum Gasteiger partial charge on any atom is 0.255 e. The Balaban J connectivity index is 1.40. The molecule has 8 nitrogen and oxygen atoms in total. The number of hydrogen-bond donors (Lipinski definition) is 3. The summed E-state index contributed by atoms with van der Waals surface area (Å²) in [5, 5.41) is 16.4. The van der Waals surface area contributed by atoms with E-state index in [1.807, 2.05) is 30.5 Å². The van der Waals surface area contributed by atoms with E-state index in [4.69, 9.17) is 0 Å². The highest BCUT2D eigenvalue weighted by molar-refractivity contribution is 6.04. The number of halogens is 1. The van der Waals surface area contributed by atoms with Gasteiger partial charge in [-0.05, 0) is 68.4 Å². The Morgan fingerprint density at radius 2 is 1.86 bits per heavy atom. The van der Waals surface area contributed by atoms with Gasteiger partial charge in [-0.1, -0.05) is 6.07 Å². The zero-order chi connectivity index (χ0) is 26.0. The summed E-state index contributed by atoms with van der Waals surface area (Å²) in [6.07, 6.45) is 4.99. The molecular weight excluding hydrogens is 469 g/mol. The van der Waals surface area contributed by atoms with Gasteiger partial charge in [0.2, 0.25) is 0 Å². The molecular formula is C28H22FN7O. The number of rotatable bonds is 6. The van der Waals surface area contributed by atoms with Gasteiger partial charge in [0, 0.05) is 45.8 Å². The van der Waals surface area contributed by atoms with Crippen LogP contribution in [0.15, 0.2) is 79.4 Å². The van der Waals surface area contributed by atoms with Crippen LogP contribution >= 0.6 is 0 Å². The largest absolute Gasteiger partial charge is 0.346 e. The molecule has 0 bridgehead atoms. The van der Waals surface area contributed by atoms with Gasteiger partial charge in [0.15, 0.2) is 0 Å². The first-order valence-corrected chi connectivity index (χ1v) is 11.5. The summed E-state index contributed by atoms with van der Waals surface area (Å²) >= 11 is 0. The third-order valence-corrected chi connectivity index (χ3v) is 5.98. The van der Waals surface area contributed by atoms with Crippen molar-refractivity contribution in [2.24, 2.45) is 0 Å². The molecule has 37 heavy (non-hydrogen) atoms. The van der Waals surface area contributed by atoms with Gasteiger partial charge in [0.25, 0.3) is 5.91 Å². The normalized spacial score (nSPS) is 11.2. The van der Waals surface area contributed by atoms with Crippen molar-refractivity contribution in [3.63, 3.8) is 0 Å². The van der Waals surface area contributed by atoms with E-state index in [2.05, 4.69) is 36.6 Å². The fraction of sp³-hybridized carbons (Fsp3) is 0.107. The average Bonchev–Trinajstić information content (AvgIpc) is 3.39. The van der Waals surface area contributed by atoms with Crippen molar-refractivity contribution in [2.75, 3.05) is 10.6 Å². The number of pyridine rings is 1. The monoisotopic (exact) mass is 491 g/mol. The van der Waals surface area contributed by atoms with E-state index in [-0.39, 0.29) is 11.1 Å². The number of carbonyl (C=O) groups is 1. The quantitative estimate of drug-likeness (QED) is 0.270. The van der Waals surface area contributed by atoms with E-state index in [1.165, 1.54) is 24.5 Å². The predicted octanol–water partition coefficient (Wildman–Crippen LogP) is 5.96. The number of benzene rings is 2. The van der Waals surface area contributed by atoms with Crippen molar-refractivity contribution in [2.45, 2.75) is 19.3 Å². The lowest BCUT2D eigenvalue weighted by Gasteiger charge is -2.17. The molecule has 0 saturated heterocycles. The van der Waals surface area contributed by atoms with Crippen molar-refractivity contribution in [1.82, 2.24) is 19.9 Å². The van der Waals surface area contributed by atoms with Gasteiger partial charge < -0.3 is 15.6 Å². The lowest BCUT2D eigenvalue weighted by atomic mass is 9.85. The molecule has 0 aliphatic heterocycles. The van der Waals surface area contributed by atoms with Gasteiger partial charge in [-0.2, -0.15) is 5.26 Å². The second-order valence-corrected chi connectivity index (χ2v) is 8.95. The molecule has 0 radical (unpaired) electrons. The summed E-state index contributed by atoms with van der Waals surface area (Å²) in [6.45, 7) is 3.22. The van der Waals surface area contributed by atoms with Gasteiger partial charge in [-0.3, -0.25) is 4.79 Å². The van der Waals surface area contributed by atoms with Gasteiger partial charge in [-0.15, -0.1) is 0 Å². The molecule has 1 amide bonds. The molecule has 0 unspecified atom stereocenters. The molecule has 5 aromatic rings. The molecule has 0 aliphatic rings. The molecule has 3 N–H and O–H groups in total. The maximum atomic E-state index is 14.3. The number of fused-ring (bicyclic) bond motifs is 1. The minimum absolute atomic E-state index is 0.169. The lowest BCUT2D eigenvalue weighted by Crippen LogP contribution is -2.19. The zero-order valence-corrected chi connectivity index (χ0v) is 20.1. The van der Waals surface area contributed by atoms with E-state index in [0.717, 1.165) is 22.3 Å². The van der Waals surface area contributed by atoms with E-state index < -0.39 is 17.1 Å². The Bertz CT molecular complexity index is 1670. The molecule has 0 spiro atoms. The SMILES string of the molecule is CC(C)(C#N)c1cc(C(=O)Nc2cccc(Nc3ncccc3-c3ncnc4[nH]ccc34)c2)ccc1F. The molecule has 0 aliphatic carbocycles. The first kappa shape index (κ1) is 23.6. The zero-order valence-electron chi connectivity index (χ0n) is 20.1. The number of H-pyrrole nitrogens is 1. The number of aromatic nitrogens is 4. The molecule has 3 aromatic heterocycles. The van der Waals surface area contributed by atoms with Crippen LogP contribution in [0.5, 0.6) is 0 Å². The van der Waals surface area contributed by atoms with Crippen molar-refractivity contribution in [3.8, 4) is 17.3 Å². The highest BCUT2D eigenvalue weighted by Crippen LogP contribution is 2.32. The third-order valence-electron chi connectivity index (χ3n) is 5.98. The number of nitrogens with zero attached hydrogens (tertiary/aromatic N) is 4. The molecule has 9 heteroatoms. The Morgan fingerprint density at radius 1 is 1.03 bits per heavy atom. The summed E-state index contributed by atoms with van der Waals surface area (Å²) < 4.78 is 14.3. The smallest absolute Gasteiger partial charge is 0.255 e. The summed E-state index contributed by atoms with van der Waals surface area (Å²) in [7, 11) is 0. The van der Waals surface area contributed by atoms with E-state index in [9.17, 15) is 14.4 Å². The highest BCUT2D eigenvalue weighted by Gasteiger charge is 2.25. The lowest BCUT2D eigenvalue weighted by molar-refractivity contribution is 0.102. The molecule has 5 rings (SSSR count). The fourth-order valence-corrected chi connectivity index (χ4v) is 4.00. The van der Waals surface area contributed by atoms with Crippen LogP contribution in [-0.4, -0.2) is 25.8 Å². The van der Waals surface area contributed by atoms with E-state index in [1.54, 1.807) is 38.2 Å². The summed E-state index contributed by atoms with van der Waals surface area (Å²) in [5.74, 6) is -0.350. The van der Waals surface area contributed by atoms with Gasteiger partial charge in [0.1, 0.15) is 23.6 Å². The van der Waals surface area contributed by atoms with Crippen LogP contribution in [0.3, 0.4) is 0 Å². The van der Waals surface area contributed by atoms with Crippen LogP contribution in [0.25, 0.3) is 22.3 Å². The van der Waals surface area contributed by atoms with Crippen LogP contribution in [0, 0.1) is 17.1 Å². The minimum atomic E-state index is -1.07.